The number of hydrogen-bond donors (Lipinski definition) is 0. The van der Waals surface area contributed by atoms with Gasteiger partial charge in [0.2, 0.25) is 0 Å². The second kappa shape index (κ2) is 6.22. The molecule has 4 rings (SSSR count). The molecular weight excluding hydrogens is 320 g/mol. The number of amides is 1. The van der Waals surface area contributed by atoms with Gasteiger partial charge in [0.05, 0.1) is 17.5 Å². The summed E-state index contributed by atoms with van der Waals surface area (Å²) in [5.41, 5.74) is 2.16. The minimum atomic E-state index is -0.0142. The van der Waals surface area contributed by atoms with Gasteiger partial charge in [-0.15, -0.1) is 0 Å². The lowest BCUT2D eigenvalue weighted by Gasteiger charge is -2.34. The van der Waals surface area contributed by atoms with Crippen molar-refractivity contribution in [1.29, 1.82) is 0 Å². The molecule has 7 nitrogen and oxygen atoms in total. The van der Waals surface area contributed by atoms with Gasteiger partial charge < -0.3 is 14.2 Å². The first kappa shape index (κ1) is 16.2. The minimum absolute atomic E-state index is 0.00850. The monoisotopic (exact) mass is 342 g/mol. The quantitative estimate of drug-likeness (QED) is 0.833. The molecule has 0 bridgehead atoms. The van der Waals surface area contributed by atoms with Crippen LogP contribution in [0.25, 0.3) is 0 Å². The normalized spacial score (nSPS) is 25.9. The number of carbonyl (C=O) groups is 1. The van der Waals surface area contributed by atoms with E-state index in [-0.39, 0.29) is 18.1 Å². The highest BCUT2D eigenvalue weighted by atomic mass is 16.5. The summed E-state index contributed by atoms with van der Waals surface area (Å²) < 4.78 is 11.4. The first-order valence-electron chi connectivity index (χ1n) is 8.70. The summed E-state index contributed by atoms with van der Waals surface area (Å²) in [5, 5.41) is 3.89. The summed E-state index contributed by atoms with van der Waals surface area (Å²) in [4.78, 5) is 23.3. The number of aromatic nitrogens is 3. The van der Waals surface area contributed by atoms with Gasteiger partial charge in [-0.05, 0) is 45.6 Å². The van der Waals surface area contributed by atoms with Crippen LogP contribution >= 0.6 is 0 Å². The number of piperidine rings is 1. The number of rotatable bonds is 2. The Hall–Kier alpha value is -2.28. The van der Waals surface area contributed by atoms with E-state index in [0.29, 0.717) is 29.5 Å². The van der Waals surface area contributed by atoms with Crippen LogP contribution in [0.1, 0.15) is 52.3 Å². The molecule has 0 aliphatic carbocycles. The molecule has 2 fully saturated rings. The average molecular weight is 342 g/mol. The van der Waals surface area contributed by atoms with E-state index < -0.39 is 0 Å². The molecule has 0 N–H and O–H groups in total. The number of nitrogens with zero attached hydrogens (tertiary/aromatic N) is 4. The fourth-order valence-electron chi connectivity index (χ4n) is 3.91. The third-order valence-electron chi connectivity index (χ3n) is 5.21. The average Bonchev–Trinajstić information content (AvgIpc) is 3.17. The lowest BCUT2D eigenvalue weighted by atomic mass is 9.91. The zero-order valence-corrected chi connectivity index (χ0v) is 14.7. The number of ether oxygens (including phenoxy) is 1. The fourth-order valence-corrected chi connectivity index (χ4v) is 3.91. The van der Waals surface area contributed by atoms with Crippen LogP contribution in [0.4, 0.5) is 0 Å². The third kappa shape index (κ3) is 2.93. The second-order valence-corrected chi connectivity index (χ2v) is 6.93. The molecule has 0 radical (unpaired) electrons. The third-order valence-corrected chi connectivity index (χ3v) is 5.21. The van der Waals surface area contributed by atoms with Crippen LogP contribution in [0.15, 0.2) is 16.8 Å². The van der Waals surface area contributed by atoms with Crippen LogP contribution in [0.5, 0.6) is 0 Å². The highest BCUT2D eigenvalue weighted by molar-refractivity contribution is 5.96. The molecule has 4 heterocycles. The van der Waals surface area contributed by atoms with Gasteiger partial charge in [-0.25, -0.2) is 9.97 Å². The van der Waals surface area contributed by atoms with E-state index >= 15 is 0 Å². The lowest BCUT2D eigenvalue weighted by molar-refractivity contribution is -0.00575. The van der Waals surface area contributed by atoms with Crippen molar-refractivity contribution in [3.63, 3.8) is 0 Å². The van der Waals surface area contributed by atoms with Crippen molar-refractivity contribution >= 4 is 5.91 Å². The van der Waals surface area contributed by atoms with Crippen LogP contribution in [0.3, 0.4) is 0 Å². The number of carbonyl (C=O) groups excluding carboxylic acids is 1. The summed E-state index contributed by atoms with van der Waals surface area (Å²) in [6.07, 6.45) is 3.72. The lowest BCUT2D eigenvalue weighted by Crippen LogP contribution is -2.45. The molecule has 2 aromatic heterocycles. The van der Waals surface area contributed by atoms with Crippen molar-refractivity contribution in [1.82, 2.24) is 20.0 Å². The molecule has 0 spiro atoms. The predicted molar refractivity (Wildman–Crippen MR) is 89.0 cm³/mol. The molecule has 3 atom stereocenters. The van der Waals surface area contributed by atoms with Crippen molar-refractivity contribution in [3.05, 3.63) is 40.8 Å². The molecule has 7 heteroatoms. The number of hydrogen-bond acceptors (Lipinski definition) is 6. The van der Waals surface area contributed by atoms with Crippen molar-refractivity contribution in [3.8, 4) is 0 Å². The summed E-state index contributed by atoms with van der Waals surface area (Å²) in [6.45, 7) is 6.81. The van der Waals surface area contributed by atoms with Gasteiger partial charge in [0.1, 0.15) is 23.3 Å². The topological polar surface area (TPSA) is 81.4 Å². The van der Waals surface area contributed by atoms with Crippen molar-refractivity contribution in [2.24, 2.45) is 5.92 Å². The Kier molecular flexibility index (Phi) is 4.03. The Morgan fingerprint density at radius 2 is 2.16 bits per heavy atom. The molecular formula is C18H22N4O3. The maximum absolute atomic E-state index is 12.8. The van der Waals surface area contributed by atoms with Crippen molar-refractivity contribution in [2.45, 2.75) is 45.8 Å². The highest BCUT2D eigenvalue weighted by Gasteiger charge is 2.41. The van der Waals surface area contributed by atoms with Gasteiger partial charge in [-0.1, -0.05) is 5.16 Å². The van der Waals surface area contributed by atoms with Crippen LogP contribution < -0.4 is 0 Å². The largest absolute Gasteiger partial charge is 0.367 e. The van der Waals surface area contributed by atoms with Crippen LogP contribution in [-0.2, 0) is 4.74 Å². The number of aryl methyl sites for hydroxylation is 3. The Morgan fingerprint density at radius 1 is 1.32 bits per heavy atom. The van der Waals surface area contributed by atoms with E-state index in [1.54, 1.807) is 20.0 Å². The first-order chi connectivity index (χ1) is 12.0. The van der Waals surface area contributed by atoms with E-state index in [2.05, 4.69) is 15.1 Å². The highest BCUT2D eigenvalue weighted by Crippen LogP contribution is 2.40. The van der Waals surface area contributed by atoms with Crippen LogP contribution in [-0.4, -0.2) is 45.1 Å². The minimum Gasteiger partial charge on any atom is -0.367 e. The van der Waals surface area contributed by atoms with Crippen LogP contribution in [0.2, 0.25) is 0 Å². The predicted octanol–water partition coefficient (Wildman–Crippen LogP) is 2.38. The number of likely N-dealkylation sites (tertiary alicyclic amines) is 1. The summed E-state index contributed by atoms with van der Waals surface area (Å²) in [5.74, 6) is 1.78. The van der Waals surface area contributed by atoms with Gasteiger partial charge in [0.15, 0.2) is 0 Å². The maximum atomic E-state index is 12.8. The van der Waals surface area contributed by atoms with Gasteiger partial charge in [-0.2, -0.15) is 0 Å². The molecule has 0 aromatic carbocycles. The van der Waals surface area contributed by atoms with Gasteiger partial charge in [0, 0.05) is 19.3 Å². The van der Waals surface area contributed by atoms with Gasteiger partial charge >= 0.3 is 0 Å². The second-order valence-electron chi connectivity index (χ2n) is 6.93. The Balaban J connectivity index is 1.48. The Bertz CT molecular complexity index is 784. The molecule has 132 valence electrons. The zero-order chi connectivity index (χ0) is 17.6. The molecule has 2 aromatic rings. The molecule has 1 amide bonds. The molecule has 2 aliphatic heterocycles. The van der Waals surface area contributed by atoms with Crippen LogP contribution in [0, 0.1) is 26.7 Å². The van der Waals surface area contributed by atoms with E-state index in [1.165, 1.54) is 0 Å². The summed E-state index contributed by atoms with van der Waals surface area (Å²) in [6, 6.07) is 1.92. The van der Waals surface area contributed by atoms with Crippen molar-refractivity contribution in [2.75, 3.05) is 13.1 Å². The van der Waals surface area contributed by atoms with E-state index in [1.807, 2.05) is 17.9 Å². The SMILES string of the molecule is Cc1nccc([C@@H]2C[C@H]3CCN(C(=O)c4c(C)noc4C)C[C@@H]3O2)n1. The molecule has 2 saturated heterocycles. The van der Waals surface area contributed by atoms with E-state index in [0.717, 1.165) is 30.9 Å². The molecule has 0 unspecified atom stereocenters. The molecule has 25 heavy (non-hydrogen) atoms. The van der Waals surface area contributed by atoms with Gasteiger partial charge in [0.25, 0.3) is 5.91 Å². The molecule has 0 saturated carbocycles. The fraction of sp³-hybridized carbons (Fsp3) is 0.556. The van der Waals surface area contributed by atoms with E-state index in [9.17, 15) is 4.79 Å². The summed E-state index contributed by atoms with van der Waals surface area (Å²) >= 11 is 0. The standard InChI is InChI=1S/C18H22N4O3/c1-10-17(11(2)25-21-10)18(23)22-7-5-13-8-15(24-16(13)9-22)14-4-6-19-12(3)20-14/h4,6,13,15-16H,5,7-9H2,1-3H3/t13-,15+,16+/m1/s1. The Labute approximate surface area is 146 Å². The van der Waals surface area contributed by atoms with E-state index in [4.69, 9.17) is 9.26 Å². The van der Waals surface area contributed by atoms with Crippen molar-refractivity contribution < 1.29 is 14.1 Å². The van der Waals surface area contributed by atoms with Gasteiger partial charge in [-0.3, -0.25) is 4.79 Å². The molecule has 2 aliphatic rings. The Morgan fingerprint density at radius 3 is 2.88 bits per heavy atom. The smallest absolute Gasteiger partial charge is 0.259 e. The zero-order valence-electron chi connectivity index (χ0n) is 14.7. The maximum Gasteiger partial charge on any atom is 0.259 e. The number of fused-ring (bicyclic) bond motifs is 1. The summed E-state index contributed by atoms with van der Waals surface area (Å²) in [7, 11) is 0. The first-order valence-corrected chi connectivity index (χ1v) is 8.70.